The van der Waals surface area contributed by atoms with E-state index < -0.39 is 58.6 Å². The van der Waals surface area contributed by atoms with Gasteiger partial charge in [0, 0.05) is 26.2 Å². The van der Waals surface area contributed by atoms with Gasteiger partial charge in [0.2, 0.25) is 5.90 Å². The van der Waals surface area contributed by atoms with Gasteiger partial charge in [0.05, 0.1) is 16.7 Å². The summed E-state index contributed by atoms with van der Waals surface area (Å²) in [4.78, 5) is 44.6. The van der Waals surface area contributed by atoms with Crippen molar-refractivity contribution in [2.24, 2.45) is 4.99 Å². The molecule has 14 heteroatoms. The van der Waals surface area contributed by atoms with Gasteiger partial charge in [-0.2, -0.15) is 0 Å². The quantitative estimate of drug-likeness (QED) is 0.108. The molecule has 0 saturated carbocycles. The molecule has 2 atom stereocenters. The van der Waals surface area contributed by atoms with Crippen LogP contribution >= 0.6 is 0 Å². The van der Waals surface area contributed by atoms with Gasteiger partial charge in [0.15, 0.2) is 40.5 Å². The van der Waals surface area contributed by atoms with Crippen molar-refractivity contribution in [3.8, 4) is 34.5 Å². The Morgan fingerprint density at radius 2 is 1.20 bits per heavy atom. The number of hydrogen-bond acceptors (Lipinski definition) is 11. The summed E-state index contributed by atoms with van der Waals surface area (Å²) < 4.78 is 5.75. The van der Waals surface area contributed by atoms with Crippen molar-refractivity contribution in [3.05, 3.63) is 71.3 Å². The van der Waals surface area contributed by atoms with Crippen LogP contribution in [0.3, 0.4) is 0 Å². The van der Waals surface area contributed by atoms with Crippen LogP contribution in [0.4, 0.5) is 0 Å². The minimum absolute atomic E-state index is 0.00873. The van der Waals surface area contributed by atoms with Gasteiger partial charge in [0.25, 0.3) is 17.7 Å². The van der Waals surface area contributed by atoms with Gasteiger partial charge in [-0.1, -0.05) is 18.2 Å². The molecule has 0 fully saturated rings. The normalized spacial score (nSPS) is 15.5. The van der Waals surface area contributed by atoms with E-state index in [1.165, 1.54) is 59.5 Å². The second kappa shape index (κ2) is 14.2. The molecule has 4 rings (SSSR count). The molecule has 45 heavy (non-hydrogen) atoms. The molecule has 1 aliphatic rings. The number of amides is 3. The van der Waals surface area contributed by atoms with Crippen LogP contribution in [0.5, 0.6) is 34.5 Å². The van der Waals surface area contributed by atoms with E-state index in [-0.39, 0.29) is 54.5 Å². The third-order valence-corrected chi connectivity index (χ3v) is 7.11. The number of carbonyl (C=O) groups excluding carboxylic acids is 3. The molecule has 3 aromatic carbocycles. The summed E-state index contributed by atoms with van der Waals surface area (Å²) in [5.74, 6) is -4.41. The van der Waals surface area contributed by atoms with E-state index in [2.05, 4.69) is 15.6 Å². The minimum Gasteiger partial charge on any atom is -0.504 e. The maximum Gasteiger partial charge on any atom is 0.255 e. The van der Waals surface area contributed by atoms with Gasteiger partial charge in [-0.25, -0.2) is 4.99 Å². The second-order valence-corrected chi connectivity index (χ2v) is 10.3. The first-order chi connectivity index (χ1) is 21.5. The fraction of sp³-hybridized carbons (Fsp3) is 0.290. The third-order valence-electron chi connectivity index (χ3n) is 7.11. The molecule has 0 radical (unpaired) electrons. The zero-order valence-corrected chi connectivity index (χ0v) is 24.3. The summed E-state index contributed by atoms with van der Waals surface area (Å²) in [6.45, 7) is 2.21. The fourth-order valence-electron chi connectivity index (χ4n) is 4.68. The standard InChI is InChI=1S/C31H34N4O10/c1-17-24(34-30(45-17)20-9-4-12-23(38)27(20)41)31(44)35(15-5-13-32-28(42)18-7-2-10-21(36)25(18)39)16-6-14-33-29(43)19-8-3-11-22(37)26(19)40/h2-4,7-12,17,24,36-41H,5-6,13-16H2,1H3,(H,32,42)(H,33,43)/t17-,24?/m1/s1. The number of para-hydroxylation sites is 3. The van der Waals surface area contributed by atoms with Crippen LogP contribution in [0.15, 0.2) is 59.6 Å². The molecule has 3 aromatic rings. The van der Waals surface area contributed by atoms with Gasteiger partial charge in [-0.15, -0.1) is 0 Å². The summed E-state index contributed by atoms with van der Waals surface area (Å²) in [5.41, 5.74) is -0.0876. The number of carbonyl (C=O) groups is 3. The van der Waals surface area contributed by atoms with E-state index in [9.17, 15) is 45.0 Å². The second-order valence-electron chi connectivity index (χ2n) is 10.3. The van der Waals surface area contributed by atoms with Crippen LogP contribution in [0.25, 0.3) is 0 Å². The van der Waals surface area contributed by atoms with Crippen LogP contribution in [-0.4, -0.2) is 97.5 Å². The number of aliphatic imine (C=N–C) groups is 1. The van der Waals surface area contributed by atoms with Crippen LogP contribution in [0.1, 0.15) is 46.0 Å². The lowest BCUT2D eigenvalue weighted by molar-refractivity contribution is -0.134. The molecule has 0 bridgehead atoms. The number of nitrogens with one attached hydrogen (secondary N) is 2. The fourth-order valence-corrected chi connectivity index (χ4v) is 4.68. The SMILES string of the molecule is C[C@H]1OC(c2cccc(O)c2O)=NC1C(=O)N(CCCNC(=O)c1cccc(O)c1O)CCCNC(=O)c1cccc(O)c1O. The molecule has 3 amide bonds. The first-order valence-corrected chi connectivity index (χ1v) is 14.1. The number of nitrogens with zero attached hydrogens (tertiary/aromatic N) is 2. The summed E-state index contributed by atoms with van der Waals surface area (Å²) in [5, 5.41) is 64.6. The van der Waals surface area contributed by atoms with Crippen molar-refractivity contribution in [1.29, 1.82) is 0 Å². The first-order valence-electron chi connectivity index (χ1n) is 14.1. The molecule has 0 spiro atoms. The number of aromatic hydroxyl groups is 6. The molecule has 0 saturated heterocycles. The summed E-state index contributed by atoms with van der Waals surface area (Å²) >= 11 is 0. The van der Waals surface area contributed by atoms with E-state index in [1.54, 1.807) is 6.92 Å². The van der Waals surface area contributed by atoms with E-state index in [1.807, 2.05) is 0 Å². The zero-order valence-electron chi connectivity index (χ0n) is 24.3. The number of rotatable bonds is 12. The highest BCUT2D eigenvalue weighted by atomic mass is 16.5. The Bertz CT molecular complexity index is 1540. The topological polar surface area (TPSA) is 221 Å². The maximum absolute atomic E-state index is 13.7. The Hall–Kier alpha value is -5.66. The van der Waals surface area contributed by atoms with Crippen LogP contribution in [-0.2, 0) is 9.53 Å². The molecule has 8 N–H and O–H groups in total. The zero-order chi connectivity index (χ0) is 32.7. The van der Waals surface area contributed by atoms with Crippen molar-refractivity contribution in [3.63, 3.8) is 0 Å². The number of phenols is 6. The molecular formula is C31H34N4O10. The molecule has 1 aliphatic heterocycles. The molecule has 1 heterocycles. The van der Waals surface area contributed by atoms with E-state index in [0.29, 0.717) is 12.8 Å². The lowest BCUT2D eigenvalue weighted by Crippen LogP contribution is -2.44. The van der Waals surface area contributed by atoms with Gasteiger partial charge in [0.1, 0.15) is 6.10 Å². The molecule has 0 aliphatic carbocycles. The lowest BCUT2D eigenvalue weighted by atomic mass is 10.1. The van der Waals surface area contributed by atoms with E-state index in [4.69, 9.17) is 4.74 Å². The predicted molar refractivity (Wildman–Crippen MR) is 161 cm³/mol. The van der Waals surface area contributed by atoms with Gasteiger partial charge in [-0.3, -0.25) is 14.4 Å². The Morgan fingerprint density at radius 1 is 0.733 bits per heavy atom. The number of benzene rings is 3. The van der Waals surface area contributed by atoms with Crippen molar-refractivity contribution < 1.29 is 49.8 Å². The average molecular weight is 623 g/mol. The largest absolute Gasteiger partial charge is 0.504 e. The van der Waals surface area contributed by atoms with Crippen molar-refractivity contribution in [2.45, 2.75) is 31.9 Å². The lowest BCUT2D eigenvalue weighted by Gasteiger charge is -2.26. The van der Waals surface area contributed by atoms with Gasteiger partial charge >= 0.3 is 0 Å². The minimum atomic E-state index is -0.987. The predicted octanol–water partition coefficient (Wildman–Crippen LogP) is 1.92. The number of phenolic OH excluding ortho intramolecular Hbond substituents is 6. The van der Waals surface area contributed by atoms with Crippen molar-refractivity contribution >= 4 is 23.6 Å². The van der Waals surface area contributed by atoms with Crippen molar-refractivity contribution in [1.82, 2.24) is 15.5 Å². The maximum atomic E-state index is 13.7. The molecule has 238 valence electrons. The van der Waals surface area contributed by atoms with Gasteiger partial charge in [-0.05, 0) is 56.2 Å². The monoisotopic (exact) mass is 622 g/mol. The van der Waals surface area contributed by atoms with Gasteiger partial charge < -0.3 is 50.9 Å². The molecule has 0 aromatic heterocycles. The highest BCUT2D eigenvalue weighted by Crippen LogP contribution is 2.32. The molecule has 1 unspecified atom stereocenters. The average Bonchev–Trinajstić information content (AvgIpc) is 3.40. The Morgan fingerprint density at radius 3 is 1.71 bits per heavy atom. The third kappa shape index (κ3) is 7.47. The Kier molecular flexibility index (Phi) is 10.2. The molecular weight excluding hydrogens is 588 g/mol. The summed E-state index contributed by atoms with van der Waals surface area (Å²) in [6, 6.07) is 11.3. The summed E-state index contributed by atoms with van der Waals surface area (Å²) in [7, 11) is 0. The number of ether oxygens (including phenoxy) is 1. The Balaban J connectivity index is 1.42. The van der Waals surface area contributed by atoms with Crippen LogP contribution < -0.4 is 10.6 Å². The Labute approximate surface area is 257 Å². The van der Waals surface area contributed by atoms with Crippen molar-refractivity contribution in [2.75, 3.05) is 26.2 Å². The smallest absolute Gasteiger partial charge is 0.255 e. The number of hydrogen-bond donors (Lipinski definition) is 8. The summed E-state index contributed by atoms with van der Waals surface area (Å²) in [6.07, 6.45) is -0.113. The molecule has 14 nitrogen and oxygen atoms in total. The highest BCUT2D eigenvalue weighted by molar-refractivity contribution is 6.01. The highest BCUT2D eigenvalue weighted by Gasteiger charge is 2.37. The van der Waals surface area contributed by atoms with Crippen LogP contribution in [0, 0.1) is 0 Å². The van der Waals surface area contributed by atoms with Crippen LogP contribution in [0.2, 0.25) is 0 Å². The van der Waals surface area contributed by atoms with E-state index in [0.717, 1.165) is 0 Å². The first kappa shape index (κ1) is 32.3. The van der Waals surface area contributed by atoms with E-state index >= 15 is 0 Å².